The van der Waals surface area contributed by atoms with E-state index in [1.54, 1.807) is 26.0 Å². The van der Waals surface area contributed by atoms with Gasteiger partial charge in [0.1, 0.15) is 23.2 Å². The summed E-state index contributed by atoms with van der Waals surface area (Å²) in [6, 6.07) is 7.96. The van der Waals surface area contributed by atoms with Crippen LogP contribution in [0.25, 0.3) is 0 Å². The molecular weight excluding hydrogens is 416 g/mol. The van der Waals surface area contributed by atoms with Gasteiger partial charge in [-0.1, -0.05) is 32.0 Å². The molecule has 0 aromatic heterocycles. The molecule has 0 bridgehead atoms. The first-order valence-electron chi connectivity index (χ1n) is 9.15. The van der Waals surface area contributed by atoms with E-state index in [4.69, 9.17) is 5.14 Å². The molecule has 0 aliphatic rings. The molecule has 1 atom stereocenters. The van der Waals surface area contributed by atoms with Crippen molar-refractivity contribution in [1.29, 1.82) is 0 Å². The van der Waals surface area contributed by atoms with Crippen LogP contribution in [-0.4, -0.2) is 32.8 Å². The van der Waals surface area contributed by atoms with E-state index in [2.05, 4.69) is 10.6 Å². The summed E-state index contributed by atoms with van der Waals surface area (Å²) in [5.41, 5.74) is 0.0205. The molecule has 0 unspecified atom stereocenters. The molecule has 0 aliphatic heterocycles. The standard InChI is InChI=1S/C20H23F2N3O4S/c1-12(2)18(25-19(26)17-15(21)4-3-5-16(17)22)20(27)24-11-10-13-6-8-14(9-7-13)30(23,28)29/h3-9,12,18H,10-11H2,1-2H3,(H,24,27)(H,25,26)(H2,23,28,29)/t18-/m0/s1. The van der Waals surface area contributed by atoms with Gasteiger partial charge >= 0.3 is 0 Å². The van der Waals surface area contributed by atoms with Crippen molar-refractivity contribution in [2.75, 3.05) is 6.54 Å². The van der Waals surface area contributed by atoms with Crippen molar-refractivity contribution in [2.45, 2.75) is 31.2 Å². The zero-order chi connectivity index (χ0) is 22.5. The van der Waals surface area contributed by atoms with Crippen LogP contribution in [0, 0.1) is 17.6 Å². The van der Waals surface area contributed by atoms with Gasteiger partial charge in [-0.25, -0.2) is 22.3 Å². The minimum atomic E-state index is -3.78. The van der Waals surface area contributed by atoms with Gasteiger partial charge in [0.2, 0.25) is 15.9 Å². The predicted octanol–water partition coefficient (Wildman–Crippen LogP) is 1.73. The van der Waals surface area contributed by atoms with Gasteiger partial charge < -0.3 is 10.6 Å². The average Bonchev–Trinajstić information content (AvgIpc) is 2.65. The van der Waals surface area contributed by atoms with Crippen molar-refractivity contribution < 1.29 is 26.8 Å². The third-order valence-electron chi connectivity index (χ3n) is 4.39. The molecule has 162 valence electrons. The summed E-state index contributed by atoms with van der Waals surface area (Å²) in [6.07, 6.45) is 0.400. The molecule has 0 heterocycles. The summed E-state index contributed by atoms with van der Waals surface area (Å²) < 4.78 is 50.1. The van der Waals surface area contributed by atoms with Gasteiger partial charge in [-0.3, -0.25) is 9.59 Å². The van der Waals surface area contributed by atoms with E-state index in [0.29, 0.717) is 6.42 Å². The number of primary sulfonamides is 1. The number of amides is 2. The van der Waals surface area contributed by atoms with Crippen LogP contribution < -0.4 is 15.8 Å². The van der Waals surface area contributed by atoms with E-state index in [0.717, 1.165) is 23.8 Å². The maximum atomic E-state index is 13.8. The Morgan fingerprint density at radius 2 is 1.60 bits per heavy atom. The number of benzene rings is 2. The highest BCUT2D eigenvalue weighted by atomic mass is 32.2. The molecule has 0 aliphatic carbocycles. The van der Waals surface area contributed by atoms with Crippen molar-refractivity contribution in [1.82, 2.24) is 10.6 Å². The van der Waals surface area contributed by atoms with Gasteiger partial charge in [-0.15, -0.1) is 0 Å². The lowest BCUT2D eigenvalue weighted by Crippen LogP contribution is -2.50. The van der Waals surface area contributed by atoms with Crippen LogP contribution in [0.5, 0.6) is 0 Å². The Hall–Kier alpha value is -2.85. The Labute approximate surface area is 173 Å². The van der Waals surface area contributed by atoms with E-state index in [1.807, 2.05) is 0 Å². The first-order chi connectivity index (χ1) is 14.0. The molecule has 2 amide bonds. The lowest BCUT2D eigenvalue weighted by Gasteiger charge is -2.22. The Morgan fingerprint density at radius 1 is 1.03 bits per heavy atom. The van der Waals surface area contributed by atoms with Gasteiger partial charge in [-0.2, -0.15) is 0 Å². The van der Waals surface area contributed by atoms with Gasteiger partial charge in [0.05, 0.1) is 4.90 Å². The zero-order valence-electron chi connectivity index (χ0n) is 16.5. The molecule has 10 heteroatoms. The lowest BCUT2D eigenvalue weighted by molar-refractivity contribution is -0.123. The summed E-state index contributed by atoms with van der Waals surface area (Å²) in [5, 5.41) is 10.1. The second kappa shape index (κ2) is 9.77. The first-order valence-corrected chi connectivity index (χ1v) is 10.7. The van der Waals surface area contributed by atoms with E-state index < -0.39 is 45.1 Å². The number of nitrogens with one attached hydrogen (secondary N) is 2. The second-order valence-corrected chi connectivity index (χ2v) is 8.58. The number of nitrogens with two attached hydrogens (primary N) is 1. The van der Waals surface area contributed by atoms with Crippen LogP contribution in [0.4, 0.5) is 8.78 Å². The fraction of sp³-hybridized carbons (Fsp3) is 0.300. The smallest absolute Gasteiger partial charge is 0.257 e. The Bertz CT molecular complexity index is 1000. The molecule has 2 aromatic rings. The number of rotatable bonds is 8. The minimum Gasteiger partial charge on any atom is -0.354 e. The van der Waals surface area contributed by atoms with Gasteiger partial charge in [0.25, 0.3) is 5.91 Å². The van der Waals surface area contributed by atoms with Crippen molar-refractivity contribution >= 4 is 21.8 Å². The van der Waals surface area contributed by atoms with Gasteiger partial charge in [-0.05, 0) is 42.2 Å². The van der Waals surface area contributed by atoms with Crippen molar-refractivity contribution in [2.24, 2.45) is 11.1 Å². The van der Waals surface area contributed by atoms with Crippen LogP contribution in [0.3, 0.4) is 0 Å². The monoisotopic (exact) mass is 439 g/mol. The summed E-state index contributed by atoms with van der Waals surface area (Å²) in [4.78, 5) is 24.8. The Kier molecular flexibility index (Phi) is 7.63. The van der Waals surface area contributed by atoms with E-state index in [9.17, 15) is 26.8 Å². The quantitative estimate of drug-likeness (QED) is 0.580. The van der Waals surface area contributed by atoms with Crippen molar-refractivity contribution in [3.8, 4) is 0 Å². The van der Waals surface area contributed by atoms with E-state index in [-0.39, 0.29) is 17.4 Å². The third kappa shape index (κ3) is 6.07. The minimum absolute atomic E-state index is 0.0155. The fourth-order valence-corrected chi connectivity index (χ4v) is 3.26. The number of sulfonamides is 1. The van der Waals surface area contributed by atoms with E-state index in [1.165, 1.54) is 12.1 Å². The molecule has 0 radical (unpaired) electrons. The molecule has 0 saturated carbocycles. The maximum absolute atomic E-state index is 13.8. The van der Waals surface area contributed by atoms with Crippen molar-refractivity contribution in [3.63, 3.8) is 0 Å². The first kappa shape index (κ1) is 23.4. The topological polar surface area (TPSA) is 118 Å². The molecule has 0 spiro atoms. The van der Waals surface area contributed by atoms with Crippen LogP contribution in [0.1, 0.15) is 29.8 Å². The molecule has 30 heavy (non-hydrogen) atoms. The van der Waals surface area contributed by atoms with Crippen LogP contribution >= 0.6 is 0 Å². The second-order valence-electron chi connectivity index (χ2n) is 7.02. The SMILES string of the molecule is CC(C)[C@H](NC(=O)c1c(F)cccc1F)C(=O)NCCc1ccc(S(N)(=O)=O)cc1. The maximum Gasteiger partial charge on any atom is 0.257 e. The van der Waals surface area contributed by atoms with Crippen LogP contribution in [-0.2, 0) is 21.2 Å². The molecule has 0 saturated heterocycles. The van der Waals surface area contributed by atoms with E-state index >= 15 is 0 Å². The predicted molar refractivity (Wildman–Crippen MR) is 107 cm³/mol. The van der Waals surface area contributed by atoms with Crippen LogP contribution in [0.15, 0.2) is 47.4 Å². The normalized spacial score (nSPS) is 12.5. The number of carbonyl (C=O) groups is 2. The highest BCUT2D eigenvalue weighted by Crippen LogP contribution is 2.13. The third-order valence-corrected chi connectivity index (χ3v) is 5.32. The van der Waals surface area contributed by atoms with Crippen LogP contribution in [0.2, 0.25) is 0 Å². The fourth-order valence-electron chi connectivity index (χ4n) is 2.75. The Balaban J connectivity index is 1.98. The summed E-state index contributed by atoms with van der Waals surface area (Å²) in [6.45, 7) is 3.59. The average molecular weight is 439 g/mol. The lowest BCUT2D eigenvalue weighted by atomic mass is 10.0. The zero-order valence-corrected chi connectivity index (χ0v) is 17.3. The number of halogens is 2. The Morgan fingerprint density at radius 3 is 2.10 bits per heavy atom. The highest BCUT2D eigenvalue weighted by molar-refractivity contribution is 7.89. The molecular formula is C20H23F2N3O4S. The molecule has 0 fully saturated rings. The number of hydrogen-bond donors (Lipinski definition) is 3. The summed E-state index contributed by atoms with van der Waals surface area (Å²) in [7, 11) is -3.78. The number of hydrogen-bond acceptors (Lipinski definition) is 4. The summed E-state index contributed by atoms with van der Waals surface area (Å²) in [5.74, 6) is -3.89. The molecule has 7 nitrogen and oxygen atoms in total. The molecule has 2 aromatic carbocycles. The van der Waals surface area contributed by atoms with Crippen molar-refractivity contribution in [3.05, 3.63) is 65.2 Å². The van der Waals surface area contributed by atoms with Gasteiger partial charge in [0, 0.05) is 6.54 Å². The molecule has 2 rings (SSSR count). The highest BCUT2D eigenvalue weighted by Gasteiger charge is 2.27. The summed E-state index contributed by atoms with van der Waals surface area (Å²) >= 11 is 0. The number of carbonyl (C=O) groups excluding carboxylic acids is 2. The largest absolute Gasteiger partial charge is 0.354 e. The molecule has 4 N–H and O–H groups in total. The van der Waals surface area contributed by atoms with Gasteiger partial charge in [0.15, 0.2) is 0 Å².